The molecule has 0 fully saturated rings. The molecular formula is C14H16N2O2. The summed E-state index contributed by atoms with van der Waals surface area (Å²) in [7, 11) is 0. The molecule has 1 N–H and O–H groups in total. The smallest absolute Gasteiger partial charge is 0.134 e. The van der Waals surface area contributed by atoms with E-state index in [4.69, 9.17) is 4.74 Å². The number of hydrogen-bond donors (Lipinski definition) is 1. The van der Waals surface area contributed by atoms with Gasteiger partial charge in [0.2, 0.25) is 0 Å². The second kappa shape index (κ2) is 4.82. The average molecular weight is 244 g/mol. The van der Waals surface area contributed by atoms with Crippen LogP contribution < -0.4 is 4.74 Å². The number of benzene rings is 1. The van der Waals surface area contributed by atoms with Crippen molar-refractivity contribution in [1.29, 1.82) is 0 Å². The number of aliphatic hydroxyl groups excluding tert-OH is 1. The van der Waals surface area contributed by atoms with Gasteiger partial charge < -0.3 is 14.4 Å². The highest BCUT2D eigenvalue weighted by Gasteiger charge is 2.21. The third-order valence-electron chi connectivity index (χ3n) is 3.44. The fourth-order valence-corrected chi connectivity index (χ4v) is 2.50. The summed E-state index contributed by atoms with van der Waals surface area (Å²) in [6.07, 6.45) is 4.65. The molecule has 4 heteroatoms. The Hall–Kier alpha value is -1.81. The van der Waals surface area contributed by atoms with Gasteiger partial charge >= 0.3 is 0 Å². The van der Waals surface area contributed by atoms with Gasteiger partial charge in [-0.3, -0.25) is 0 Å². The largest absolute Gasteiger partial charge is 0.493 e. The van der Waals surface area contributed by atoms with Crippen LogP contribution in [0.5, 0.6) is 5.75 Å². The minimum atomic E-state index is -0.0160. The van der Waals surface area contributed by atoms with Gasteiger partial charge in [0.1, 0.15) is 18.2 Å². The predicted octanol–water partition coefficient (Wildman–Crippen LogP) is 1.94. The number of imidazole rings is 1. The van der Waals surface area contributed by atoms with Crippen LogP contribution in [-0.2, 0) is 13.2 Å². The fourth-order valence-electron chi connectivity index (χ4n) is 2.50. The molecule has 2 heterocycles. The second-order valence-electron chi connectivity index (χ2n) is 4.53. The molecule has 94 valence electrons. The number of nitrogens with zero attached hydrogens (tertiary/aromatic N) is 2. The van der Waals surface area contributed by atoms with Crippen LogP contribution in [0.15, 0.2) is 36.7 Å². The third-order valence-corrected chi connectivity index (χ3v) is 3.44. The van der Waals surface area contributed by atoms with Crippen LogP contribution in [-0.4, -0.2) is 21.3 Å². The molecule has 0 aliphatic carbocycles. The minimum Gasteiger partial charge on any atom is -0.493 e. The van der Waals surface area contributed by atoms with Crippen LogP contribution in [0.3, 0.4) is 0 Å². The summed E-state index contributed by atoms with van der Waals surface area (Å²) in [5.74, 6) is 2.13. The third kappa shape index (κ3) is 1.99. The zero-order chi connectivity index (χ0) is 12.4. The molecule has 0 amide bonds. The van der Waals surface area contributed by atoms with Crippen molar-refractivity contribution in [3.05, 3.63) is 48.0 Å². The first-order valence-corrected chi connectivity index (χ1v) is 6.21. The first kappa shape index (κ1) is 11.3. The Kier molecular flexibility index (Phi) is 3.02. The summed E-state index contributed by atoms with van der Waals surface area (Å²) in [5.41, 5.74) is 1.25. The molecule has 3 rings (SSSR count). The van der Waals surface area contributed by atoms with Gasteiger partial charge in [-0.15, -0.1) is 0 Å². The lowest BCUT2D eigenvalue weighted by Gasteiger charge is -2.26. The van der Waals surface area contributed by atoms with Gasteiger partial charge in [0.15, 0.2) is 0 Å². The molecule has 4 nitrogen and oxygen atoms in total. The molecule has 1 unspecified atom stereocenters. The van der Waals surface area contributed by atoms with Crippen molar-refractivity contribution in [3.8, 4) is 5.75 Å². The Bertz CT molecular complexity index is 536. The molecule has 1 aromatic carbocycles. The van der Waals surface area contributed by atoms with Gasteiger partial charge in [-0.2, -0.15) is 0 Å². The summed E-state index contributed by atoms with van der Waals surface area (Å²) in [6, 6.07) is 8.18. The van der Waals surface area contributed by atoms with E-state index in [2.05, 4.69) is 11.1 Å². The minimum absolute atomic E-state index is 0.0160. The number of fused-ring (bicyclic) bond motifs is 1. The number of para-hydroxylation sites is 1. The van der Waals surface area contributed by atoms with E-state index in [9.17, 15) is 5.11 Å². The molecule has 18 heavy (non-hydrogen) atoms. The second-order valence-corrected chi connectivity index (χ2v) is 4.53. The summed E-state index contributed by atoms with van der Waals surface area (Å²) in [6.45, 7) is 1.58. The zero-order valence-corrected chi connectivity index (χ0v) is 10.1. The lowest BCUT2D eigenvalue weighted by atomic mass is 9.93. The zero-order valence-electron chi connectivity index (χ0n) is 10.1. The Balaban J connectivity index is 1.86. The molecule has 0 saturated heterocycles. The highest BCUT2D eigenvalue weighted by atomic mass is 16.5. The van der Waals surface area contributed by atoms with Crippen molar-refractivity contribution in [2.75, 3.05) is 6.61 Å². The van der Waals surface area contributed by atoms with Crippen molar-refractivity contribution in [2.45, 2.75) is 25.5 Å². The average Bonchev–Trinajstić information content (AvgIpc) is 2.86. The molecular weight excluding hydrogens is 228 g/mol. The van der Waals surface area contributed by atoms with Crippen molar-refractivity contribution < 1.29 is 9.84 Å². The molecule has 0 spiro atoms. The van der Waals surface area contributed by atoms with Crippen LogP contribution in [0.1, 0.15) is 23.7 Å². The molecule has 1 aromatic heterocycles. The molecule has 1 atom stereocenters. The number of ether oxygens (including phenoxy) is 1. The quantitative estimate of drug-likeness (QED) is 0.897. The highest BCUT2D eigenvalue weighted by molar-refractivity contribution is 5.37. The van der Waals surface area contributed by atoms with E-state index in [1.165, 1.54) is 5.56 Å². The van der Waals surface area contributed by atoms with Crippen molar-refractivity contribution in [2.24, 2.45) is 0 Å². The van der Waals surface area contributed by atoms with Crippen molar-refractivity contribution >= 4 is 0 Å². The first-order valence-electron chi connectivity index (χ1n) is 6.21. The monoisotopic (exact) mass is 244 g/mol. The normalized spacial score (nSPS) is 18.2. The fraction of sp³-hybridized carbons (Fsp3) is 0.357. The van der Waals surface area contributed by atoms with Gasteiger partial charge in [-0.1, -0.05) is 18.2 Å². The number of aromatic nitrogens is 2. The lowest BCUT2D eigenvalue weighted by Crippen LogP contribution is -2.19. The topological polar surface area (TPSA) is 47.3 Å². The summed E-state index contributed by atoms with van der Waals surface area (Å²) in [4.78, 5) is 4.14. The van der Waals surface area contributed by atoms with Crippen LogP contribution in [0.25, 0.3) is 0 Å². The van der Waals surface area contributed by atoms with Crippen LogP contribution >= 0.6 is 0 Å². The molecule has 2 aromatic rings. The van der Waals surface area contributed by atoms with Gasteiger partial charge in [0.25, 0.3) is 0 Å². The maximum Gasteiger partial charge on any atom is 0.134 e. The summed E-state index contributed by atoms with van der Waals surface area (Å²) < 4.78 is 7.68. The van der Waals surface area contributed by atoms with Gasteiger partial charge in [0.05, 0.1) is 6.61 Å². The first-order chi connectivity index (χ1) is 8.88. The summed E-state index contributed by atoms with van der Waals surface area (Å²) in [5, 5.41) is 9.22. The Morgan fingerprint density at radius 3 is 3.17 bits per heavy atom. The maximum atomic E-state index is 9.22. The lowest BCUT2D eigenvalue weighted by molar-refractivity contribution is 0.247. The number of hydrogen-bond acceptors (Lipinski definition) is 3. The molecule has 0 saturated carbocycles. The highest BCUT2D eigenvalue weighted by Crippen LogP contribution is 2.34. The van der Waals surface area contributed by atoms with Gasteiger partial charge in [-0.05, 0) is 18.1 Å². The van der Waals surface area contributed by atoms with Crippen molar-refractivity contribution in [3.63, 3.8) is 0 Å². The van der Waals surface area contributed by atoms with Crippen LogP contribution in [0.4, 0.5) is 0 Å². The van der Waals surface area contributed by atoms with E-state index in [0.29, 0.717) is 5.92 Å². The molecule has 1 aliphatic rings. The van der Waals surface area contributed by atoms with Gasteiger partial charge in [0, 0.05) is 24.9 Å². The Morgan fingerprint density at radius 1 is 1.39 bits per heavy atom. The van der Waals surface area contributed by atoms with Crippen LogP contribution in [0, 0.1) is 0 Å². The Labute approximate surface area is 106 Å². The predicted molar refractivity (Wildman–Crippen MR) is 67.4 cm³/mol. The van der Waals surface area contributed by atoms with Crippen molar-refractivity contribution in [1.82, 2.24) is 9.55 Å². The number of rotatable bonds is 3. The van der Waals surface area contributed by atoms with E-state index in [1.54, 1.807) is 6.20 Å². The van der Waals surface area contributed by atoms with Gasteiger partial charge in [-0.25, -0.2) is 4.98 Å². The maximum absolute atomic E-state index is 9.22. The van der Waals surface area contributed by atoms with E-state index in [0.717, 1.165) is 31.1 Å². The van der Waals surface area contributed by atoms with Crippen LogP contribution in [0.2, 0.25) is 0 Å². The molecule has 0 radical (unpaired) electrons. The Morgan fingerprint density at radius 2 is 2.28 bits per heavy atom. The van der Waals surface area contributed by atoms with E-state index in [1.807, 2.05) is 29.0 Å². The van der Waals surface area contributed by atoms with E-state index < -0.39 is 0 Å². The SMILES string of the molecule is OCc1nccn1CC1CCOc2ccccc21. The summed E-state index contributed by atoms with van der Waals surface area (Å²) >= 11 is 0. The molecule has 0 bridgehead atoms. The number of aliphatic hydroxyl groups is 1. The molecule has 1 aliphatic heterocycles. The van der Waals surface area contributed by atoms with E-state index in [-0.39, 0.29) is 6.61 Å². The standard InChI is InChI=1S/C14H16N2O2/c17-10-14-15-6-7-16(14)9-11-5-8-18-13-4-2-1-3-12(11)13/h1-4,6-7,11,17H,5,8-10H2. The van der Waals surface area contributed by atoms with E-state index >= 15 is 0 Å².